The molecule has 0 saturated carbocycles. The lowest BCUT2D eigenvalue weighted by Gasteiger charge is -2.30. The number of nitrogens with zero attached hydrogens (tertiary/aromatic N) is 1. The van der Waals surface area contributed by atoms with Crippen LogP contribution in [0.3, 0.4) is 0 Å². The van der Waals surface area contributed by atoms with E-state index in [2.05, 4.69) is 27.9 Å². The number of halogens is 1. The molecule has 0 unspecified atom stereocenters. The van der Waals surface area contributed by atoms with Gasteiger partial charge < -0.3 is 15.4 Å². The molecule has 1 fully saturated rings. The number of hydrogen-bond acceptors (Lipinski definition) is 3. The quantitative estimate of drug-likeness (QED) is 0.931. The molecule has 0 atom stereocenters. The monoisotopic (exact) mass is 298 g/mol. The summed E-state index contributed by atoms with van der Waals surface area (Å²) in [6, 6.07) is 6.00. The van der Waals surface area contributed by atoms with Crippen LogP contribution in [0.15, 0.2) is 22.7 Å². The van der Waals surface area contributed by atoms with E-state index in [1.54, 1.807) is 0 Å². The van der Waals surface area contributed by atoms with Gasteiger partial charge in [-0.3, -0.25) is 0 Å². The van der Waals surface area contributed by atoms with Crippen molar-refractivity contribution in [2.75, 3.05) is 20.1 Å². The Morgan fingerprint density at radius 1 is 1.41 bits per heavy atom. The second-order valence-corrected chi connectivity index (χ2v) is 5.40. The molecule has 17 heavy (non-hydrogen) atoms. The number of nitrogens with two attached hydrogens (primary N) is 1. The number of hydrogen-bond donors (Lipinski definition) is 1. The van der Waals surface area contributed by atoms with Gasteiger partial charge >= 0.3 is 0 Å². The van der Waals surface area contributed by atoms with E-state index in [1.807, 2.05) is 18.2 Å². The lowest BCUT2D eigenvalue weighted by atomic mass is 10.1. The molecule has 1 aliphatic heterocycles. The van der Waals surface area contributed by atoms with Crippen LogP contribution in [0, 0.1) is 0 Å². The van der Waals surface area contributed by atoms with Crippen molar-refractivity contribution in [3.63, 3.8) is 0 Å². The van der Waals surface area contributed by atoms with E-state index in [0.29, 0.717) is 12.6 Å². The van der Waals surface area contributed by atoms with Gasteiger partial charge in [0.25, 0.3) is 0 Å². The van der Waals surface area contributed by atoms with Gasteiger partial charge in [-0.25, -0.2) is 0 Å². The van der Waals surface area contributed by atoms with Crippen LogP contribution in [-0.2, 0) is 6.54 Å². The highest BCUT2D eigenvalue weighted by molar-refractivity contribution is 9.10. The van der Waals surface area contributed by atoms with Crippen molar-refractivity contribution in [3.05, 3.63) is 28.2 Å². The van der Waals surface area contributed by atoms with Crippen molar-refractivity contribution < 1.29 is 4.74 Å². The smallest absolute Gasteiger partial charge is 0.125 e. The highest BCUT2D eigenvalue weighted by atomic mass is 79.9. The Kier molecular flexibility index (Phi) is 4.42. The van der Waals surface area contributed by atoms with E-state index >= 15 is 0 Å². The van der Waals surface area contributed by atoms with E-state index in [-0.39, 0.29) is 0 Å². The summed E-state index contributed by atoms with van der Waals surface area (Å²) in [6.07, 6.45) is 2.51. The van der Waals surface area contributed by atoms with Gasteiger partial charge in [-0.15, -0.1) is 0 Å². The zero-order chi connectivity index (χ0) is 12.3. The molecule has 0 amide bonds. The molecule has 1 aromatic carbocycles. The number of likely N-dealkylation sites (tertiary alicyclic amines) is 1. The Morgan fingerprint density at radius 2 is 2.12 bits per heavy atom. The molecule has 1 heterocycles. The van der Waals surface area contributed by atoms with Gasteiger partial charge in [-0.2, -0.15) is 0 Å². The van der Waals surface area contributed by atoms with E-state index in [4.69, 9.17) is 10.5 Å². The highest BCUT2D eigenvalue weighted by Gasteiger charge is 2.19. The standard InChI is InChI=1S/C13H19BrN2O/c1-16-7-5-10(6-8-16)17-13-4-2-3-12(14)11(13)9-15/h2-4,10H,5-9,15H2,1H3. The predicted octanol–water partition coefficient (Wildman–Crippen LogP) is 2.38. The topological polar surface area (TPSA) is 38.5 Å². The van der Waals surface area contributed by atoms with Crippen LogP contribution in [-0.4, -0.2) is 31.1 Å². The second-order valence-electron chi connectivity index (χ2n) is 4.54. The van der Waals surface area contributed by atoms with Gasteiger partial charge in [0.05, 0.1) is 0 Å². The molecule has 3 nitrogen and oxygen atoms in total. The van der Waals surface area contributed by atoms with Crippen LogP contribution >= 0.6 is 15.9 Å². The normalized spacial score (nSPS) is 18.3. The Bertz CT molecular complexity index is 376. The summed E-state index contributed by atoms with van der Waals surface area (Å²) >= 11 is 3.51. The van der Waals surface area contributed by atoms with Crippen molar-refractivity contribution in [2.45, 2.75) is 25.5 Å². The maximum Gasteiger partial charge on any atom is 0.125 e. The summed E-state index contributed by atoms with van der Waals surface area (Å²) in [5, 5.41) is 0. The fourth-order valence-electron chi connectivity index (χ4n) is 2.13. The number of ether oxygens (including phenoxy) is 1. The largest absolute Gasteiger partial charge is 0.490 e. The third-order valence-electron chi connectivity index (χ3n) is 3.24. The van der Waals surface area contributed by atoms with Crippen LogP contribution in [0.5, 0.6) is 5.75 Å². The number of piperidine rings is 1. The van der Waals surface area contributed by atoms with Gasteiger partial charge in [-0.1, -0.05) is 22.0 Å². The summed E-state index contributed by atoms with van der Waals surface area (Å²) in [7, 11) is 2.15. The summed E-state index contributed by atoms with van der Waals surface area (Å²) in [5.74, 6) is 0.927. The van der Waals surface area contributed by atoms with Gasteiger partial charge in [0.15, 0.2) is 0 Å². The van der Waals surface area contributed by atoms with Crippen LogP contribution in [0.25, 0.3) is 0 Å². The minimum atomic E-state index is 0.325. The Hall–Kier alpha value is -0.580. The van der Waals surface area contributed by atoms with Crippen LogP contribution in [0.2, 0.25) is 0 Å². The third kappa shape index (κ3) is 3.21. The first-order valence-corrected chi connectivity index (χ1v) is 6.82. The zero-order valence-electron chi connectivity index (χ0n) is 10.2. The average molecular weight is 299 g/mol. The molecule has 1 aromatic rings. The van der Waals surface area contributed by atoms with E-state index < -0.39 is 0 Å². The Morgan fingerprint density at radius 3 is 2.76 bits per heavy atom. The summed E-state index contributed by atoms with van der Waals surface area (Å²) in [5.41, 5.74) is 6.82. The first-order valence-electron chi connectivity index (χ1n) is 6.03. The van der Waals surface area contributed by atoms with Gasteiger partial charge in [0.1, 0.15) is 11.9 Å². The molecule has 4 heteroatoms. The van der Waals surface area contributed by atoms with Crippen molar-refractivity contribution in [1.29, 1.82) is 0 Å². The van der Waals surface area contributed by atoms with Crippen LogP contribution in [0.1, 0.15) is 18.4 Å². The molecule has 94 valence electrons. The predicted molar refractivity (Wildman–Crippen MR) is 73.2 cm³/mol. The number of benzene rings is 1. The lowest BCUT2D eigenvalue weighted by Crippen LogP contribution is -2.35. The molecule has 0 bridgehead atoms. The summed E-state index contributed by atoms with van der Waals surface area (Å²) < 4.78 is 7.10. The maximum atomic E-state index is 6.07. The summed E-state index contributed by atoms with van der Waals surface area (Å²) in [6.45, 7) is 2.72. The van der Waals surface area contributed by atoms with Crippen molar-refractivity contribution in [3.8, 4) is 5.75 Å². The van der Waals surface area contributed by atoms with Crippen LogP contribution < -0.4 is 10.5 Å². The van der Waals surface area contributed by atoms with Crippen molar-refractivity contribution in [1.82, 2.24) is 4.90 Å². The maximum absolute atomic E-state index is 6.07. The zero-order valence-corrected chi connectivity index (χ0v) is 11.7. The van der Waals surface area contributed by atoms with E-state index in [0.717, 1.165) is 41.7 Å². The molecule has 0 aliphatic carbocycles. The molecule has 2 N–H and O–H groups in total. The van der Waals surface area contributed by atoms with E-state index in [9.17, 15) is 0 Å². The highest BCUT2D eigenvalue weighted by Crippen LogP contribution is 2.28. The molecular weight excluding hydrogens is 280 g/mol. The molecule has 0 aromatic heterocycles. The minimum Gasteiger partial charge on any atom is -0.490 e. The second kappa shape index (κ2) is 5.85. The summed E-state index contributed by atoms with van der Waals surface area (Å²) in [4.78, 5) is 2.34. The van der Waals surface area contributed by atoms with Gasteiger partial charge in [0.2, 0.25) is 0 Å². The third-order valence-corrected chi connectivity index (χ3v) is 3.98. The van der Waals surface area contributed by atoms with Gasteiger partial charge in [0, 0.05) is 29.7 Å². The fraction of sp³-hybridized carbons (Fsp3) is 0.538. The van der Waals surface area contributed by atoms with Crippen molar-refractivity contribution in [2.24, 2.45) is 5.73 Å². The van der Waals surface area contributed by atoms with Crippen molar-refractivity contribution >= 4 is 15.9 Å². The van der Waals surface area contributed by atoms with Gasteiger partial charge in [-0.05, 0) is 32.0 Å². The van der Waals surface area contributed by atoms with Crippen LogP contribution in [0.4, 0.5) is 0 Å². The molecule has 2 rings (SSSR count). The first-order chi connectivity index (χ1) is 8.20. The molecule has 0 radical (unpaired) electrons. The first kappa shape index (κ1) is 12.9. The van der Waals surface area contributed by atoms with E-state index in [1.165, 1.54) is 0 Å². The average Bonchev–Trinajstić information content (AvgIpc) is 2.32. The molecule has 1 aliphatic rings. The minimum absolute atomic E-state index is 0.325. The Balaban J connectivity index is 2.05. The molecular formula is C13H19BrN2O. The molecule has 1 saturated heterocycles. The Labute approximate surface area is 111 Å². The fourth-order valence-corrected chi connectivity index (χ4v) is 2.64. The SMILES string of the molecule is CN1CCC(Oc2cccc(Br)c2CN)CC1. The number of rotatable bonds is 3. The molecule has 0 spiro atoms. The lowest BCUT2D eigenvalue weighted by molar-refractivity contribution is 0.113.